The van der Waals surface area contributed by atoms with E-state index in [0.717, 1.165) is 28.9 Å². The first kappa shape index (κ1) is 25.6. The van der Waals surface area contributed by atoms with Crippen LogP contribution in [0.3, 0.4) is 0 Å². The Morgan fingerprint density at radius 2 is 1.54 bits per heavy atom. The number of nitrogens with zero attached hydrogens (tertiary/aromatic N) is 2. The number of allylic oxidation sites excluding steroid dienone is 2. The monoisotopic (exact) mass is 381 g/mol. The number of anilines is 1. The maximum Gasteiger partial charge on any atom is 0.0930 e. The molecule has 0 aliphatic rings. The Morgan fingerprint density at radius 1 is 0.964 bits per heavy atom. The Hall–Kier alpha value is -2.42. The summed E-state index contributed by atoms with van der Waals surface area (Å²) >= 11 is 0. The quantitative estimate of drug-likeness (QED) is 0.566. The molecule has 1 heterocycles. The average molecular weight is 382 g/mol. The molecule has 28 heavy (non-hydrogen) atoms. The number of benzene rings is 1. The highest BCUT2D eigenvalue weighted by Crippen LogP contribution is 2.20. The number of nitrogens with two attached hydrogens (primary N) is 1. The van der Waals surface area contributed by atoms with Crippen molar-refractivity contribution in [2.75, 3.05) is 5.73 Å². The average Bonchev–Trinajstić information content (AvgIpc) is 2.66. The molecule has 0 fully saturated rings. The van der Waals surface area contributed by atoms with Crippen molar-refractivity contribution in [3.63, 3.8) is 0 Å². The standard InChI is InChI=1S/C9H13N3.C9H12.C7H14/c1-5(2)9-6(3)8(10)7(4)11-12-9;1-3-9-6-4-8(2)5-7-9;1-4-5-6-7(2)3/h1H2,2-4H3,(H2,10,12);4-7H,3H2,1-2H3;2,4-6H2,1,3H3. The van der Waals surface area contributed by atoms with Crippen LogP contribution in [-0.4, -0.2) is 10.2 Å². The van der Waals surface area contributed by atoms with Gasteiger partial charge >= 0.3 is 0 Å². The minimum absolute atomic E-state index is 0.711. The van der Waals surface area contributed by atoms with Gasteiger partial charge in [0.25, 0.3) is 0 Å². The summed E-state index contributed by atoms with van der Waals surface area (Å²) in [7, 11) is 0. The van der Waals surface area contributed by atoms with Gasteiger partial charge in [0.05, 0.1) is 17.1 Å². The minimum atomic E-state index is 0.711. The lowest BCUT2D eigenvalue weighted by Crippen LogP contribution is -2.03. The van der Waals surface area contributed by atoms with E-state index in [1.807, 2.05) is 20.8 Å². The van der Waals surface area contributed by atoms with Crippen molar-refractivity contribution in [3.05, 3.63) is 71.1 Å². The molecule has 1 aromatic carbocycles. The lowest BCUT2D eigenvalue weighted by Gasteiger charge is -2.07. The smallest absolute Gasteiger partial charge is 0.0930 e. The summed E-state index contributed by atoms with van der Waals surface area (Å²) in [5, 5.41) is 7.93. The minimum Gasteiger partial charge on any atom is -0.397 e. The van der Waals surface area contributed by atoms with Gasteiger partial charge in [-0.25, -0.2) is 0 Å². The molecule has 0 saturated heterocycles. The Balaban J connectivity index is 0.000000408. The van der Waals surface area contributed by atoms with Crippen molar-refractivity contribution in [1.82, 2.24) is 10.2 Å². The third kappa shape index (κ3) is 10.1. The molecule has 0 unspecified atom stereocenters. The van der Waals surface area contributed by atoms with Gasteiger partial charge in [-0.3, -0.25) is 0 Å². The molecular weight excluding hydrogens is 342 g/mol. The van der Waals surface area contributed by atoms with E-state index in [2.05, 4.69) is 75.3 Å². The number of unbranched alkanes of at least 4 members (excludes halogenated alkanes) is 1. The number of nitrogen functional groups attached to an aromatic ring is 1. The molecule has 2 N–H and O–H groups in total. The van der Waals surface area contributed by atoms with E-state index in [0.29, 0.717) is 5.69 Å². The van der Waals surface area contributed by atoms with Gasteiger partial charge in [0.15, 0.2) is 0 Å². The van der Waals surface area contributed by atoms with Gasteiger partial charge < -0.3 is 5.73 Å². The van der Waals surface area contributed by atoms with Gasteiger partial charge in [0, 0.05) is 5.56 Å². The fraction of sp³-hybridized carbons (Fsp3) is 0.440. The molecule has 154 valence electrons. The lowest BCUT2D eigenvalue weighted by atomic mass is 10.1. The van der Waals surface area contributed by atoms with Gasteiger partial charge in [-0.15, -0.1) is 6.58 Å². The zero-order valence-electron chi connectivity index (χ0n) is 19.0. The fourth-order valence-electron chi connectivity index (χ4n) is 2.36. The first-order valence-corrected chi connectivity index (χ1v) is 10.1. The second-order valence-corrected chi connectivity index (χ2v) is 7.35. The van der Waals surface area contributed by atoms with Gasteiger partial charge in [-0.05, 0) is 65.0 Å². The normalized spacial score (nSPS) is 9.54. The highest BCUT2D eigenvalue weighted by molar-refractivity contribution is 5.66. The lowest BCUT2D eigenvalue weighted by molar-refractivity contribution is 0.789. The Kier molecular flexibility index (Phi) is 12.5. The maximum atomic E-state index is 5.78. The van der Waals surface area contributed by atoms with Crippen molar-refractivity contribution in [1.29, 1.82) is 0 Å². The first-order valence-electron chi connectivity index (χ1n) is 10.1. The Bertz CT molecular complexity index is 743. The van der Waals surface area contributed by atoms with Crippen LogP contribution in [0.1, 0.15) is 75.0 Å². The van der Waals surface area contributed by atoms with Crippen LogP contribution in [-0.2, 0) is 6.42 Å². The Labute approximate surface area is 172 Å². The molecule has 0 atom stereocenters. The SMILES string of the molecule is C=C(C)CCCC.C=C(C)c1nnc(C)c(N)c1C.CCc1ccc(C)cc1. The van der Waals surface area contributed by atoms with Crippen LogP contribution in [0, 0.1) is 20.8 Å². The molecular formula is C25H39N3. The zero-order chi connectivity index (χ0) is 21.7. The van der Waals surface area contributed by atoms with Gasteiger partial charge in [0.1, 0.15) is 0 Å². The summed E-state index contributed by atoms with van der Waals surface area (Å²) in [6, 6.07) is 8.66. The maximum absolute atomic E-state index is 5.78. The molecule has 0 spiro atoms. The zero-order valence-corrected chi connectivity index (χ0v) is 19.0. The van der Waals surface area contributed by atoms with Gasteiger partial charge in [-0.2, -0.15) is 10.2 Å². The molecule has 0 amide bonds. The van der Waals surface area contributed by atoms with E-state index < -0.39 is 0 Å². The summed E-state index contributed by atoms with van der Waals surface area (Å²) in [5.41, 5.74) is 14.0. The third-order valence-electron chi connectivity index (χ3n) is 4.34. The number of aryl methyl sites for hydroxylation is 3. The van der Waals surface area contributed by atoms with Crippen LogP contribution in [0.5, 0.6) is 0 Å². The van der Waals surface area contributed by atoms with Crippen molar-refractivity contribution >= 4 is 11.3 Å². The van der Waals surface area contributed by atoms with Crippen molar-refractivity contribution in [2.24, 2.45) is 0 Å². The van der Waals surface area contributed by atoms with Crippen LogP contribution in [0.2, 0.25) is 0 Å². The highest BCUT2D eigenvalue weighted by Gasteiger charge is 2.07. The molecule has 0 radical (unpaired) electrons. The third-order valence-corrected chi connectivity index (χ3v) is 4.34. The summed E-state index contributed by atoms with van der Waals surface area (Å²) in [6.07, 6.45) is 4.93. The summed E-state index contributed by atoms with van der Waals surface area (Å²) in [5.74, 6) is 0. The summed E-state index contributed by atoms with van der Waals surface area (Å²) < 4.78 is 0. The number of aromatic nitrogens is 2. The van der Waals surface area contributed by atoms with E-state index in [9.17, 15) is 0 Å². The van der Waals surface area contributed by atoms with E-state index in [-0.39, 0.29) is 0 Å². The predicted molar refractivity (Wildman–Crippen MR) is 126 cm³/mol. The predicted octanol–water partition coefficient (Wildman–Crippen LogP) is 7.02. The van der Waals surface area contributed by atoms with Crippen molar-refractivity contribution < 1.29 is 0 Å². The van der Waals surface area contributed by atoms with Crippen molar-refractivity contribution in [2.45, 2.75) is 74.1 Å². The second-order valence-electron chi connectivity index (χ2n) is 7.35. The van der Waals surface area contributed by atoms with Crippen LogP contribution in [0.15, 0.2) is 43.0 Å². The van der Waals surface area contributed by atoms with Gasteiger partial charge in [0.2, 0.25) is 0 Å². The van der Waals surface area contributed by atoms with E-state index in [1.54, 1.807) is 0 Å². The molecule has 3 heteroatoms. The summed E-state index contributed by atoms with van der Waals surface area (Å²) in [4.78, 5) is 0. The van der Waals surface area contributed by atoms with E-state index in [1.165, 1.54) is 36.0 Å². The summed E-state index contributed by atoms with van der Waals surface area (Å²) in [6.45, 7) is 21.8. The number of hydrogen-bond acceptors (Lipinski definition) is 3. The molecule has 2 aromatic rings. The Morgan fingerprint density at radius 3 is 1.93 bits per heavy atom. The molecule has 0 aliphatic carbocycles. The van der Waals surface area contributed by atoms with E-state index in [4.69, 9.17) is 5.73 Å². The van der Waals surface area contributed by atoms with Gasteiger partial charge in [-0.1, -0.05) is 62.2 Å². The topological polar surface area (TPSA) is 51.8 Å². The molecule has 2 rings (SSSR count). The van der Waals surface area contributed by atoms with E-state index >= 15 is 0 Å². The number of hydrogen-bond donors (Lipinski definition) is 1. The number of rotatable bonds is 5. The molecule has 1 aromatic heterocycles. The molecule has 0 saturated carbocycles. The van der Waals surface area contributed by atoms with Crippen LogP contribution < -0.4 is 5.73 Å². The fourth-order valence-corrected chi connectivity index (χ4v) is 2.36. The molecule has 0 bridgehead atoms. The highest BCUT2D eigenvalue weighted by atomic mass is 15.1. The largest absolute Gasteiger partial charge is 0.397 e. The molecule has 0 aliphatic heterocycles. The van der Waals surface area contributed by atoms with Crippen LogP contribution in [0.4, 0.5) is 5.69 Å². The van der Waals surface area contributed by atoms with Crippen LogP contribution >= 0.6 is 0 Å². The van der Waals surface area contributed by atoms with Crippen LogP contribution in [0.25, 0.3) is 5.57 Å². The first-order chi connectivity index (χ1) is 13.1. The van der Waals surface area contributed by atoms with Crippen molar-refractivity contribution in [3.8, 4) is 0 Å². The molecule has 3 nitrogen and oxygen atoms in total. The second kappa shape index (κ2) is 13.7.